The van der Waals surface area contributed by atoms with Gasteiger partial charge in [-0.05, 0) is 69.5 Å². The van der Waals surface area contributed by atoms with Crippen LogP contribution in [-0.2, 0) is 9.59 Å². The normalized spacial score (nSPS) is 11.5. The molecule has 0 bridgehead atoms. The number of carbonyl (C=O) groups is 2. The number of hydrogen-bond acceptors (Lipinski definition) is 3. The number of halogens is 2. The third-order valence-electron chi connectivity index (χ3n) is 4.64. The molecule has 7 heteroatoms. The summed E-state index contributed by atoms with van der Waals surface area (Å²) in [6.07, 6.45) is 1.23. The van der Waals surface area contributed by atoms with Crippen LogP contribution in [-0.4, -0.2) is 29.6 Å². The minimum atomic E-state index is -1.20. The van der Waals surface area contributed by atoms with Crippen molar-refractivity contribution in [3.8, 4) is 11.1 Å². The van der Waals surface area contributed by atoms with Crippen LogP contribution in [0.5, 0.6) is 0 Å². The second-order valence-electron chi connectivity index (χ2n) is 7.45. The first-order valence-electron chi connectivity index (χ1n) is 9.56. The number of carboxylic acid groups (broad SMARTS) is 1. The molecule has 0 heterocycles. The van der Waals surface area contributed by atoms with E-state index in [-0.39, 0.29) is 33.9 Å². The number of nitrogens with one attached hydrogen (secondary N) is 2. The molecule has 160 valence electrons. The highest BCUT2D eigenvalue weighted by Gasteiger charge is 2.21. The molecule has 2 aromatic rings. The largest absolute Gasteiger partial charge is 0.480 e. The Balaban J connectivity index is 2.46. The van der Waals surface area contributed by atoms with Crippen molar-refractivity contribution in [2.45, 2.75) is 40.7 Å². The Kier molecular flexibility index (Phi) is 7.32. The molecule has 0 fully saturated rings. The Morgan fingerprint density at radius 2 is 1.67 bits per heavy atom. The molecule has 30 heavy (non-hydrogen) atoms. The van der Waals surface area contributed by atoms with Gasteiger partial charge in [0.05, 0.1) is 0 Å². The molecule has 0 saturated carbocycles. The molecule has 0 atom stereocenters. The van der Waals surface area contributed by atoms with Gasteiger partial charge in [-0.2, -0.15) is 0 Å². The average molecular weight is 416 g/mol. The SMILES string of the molecule is CC(=Cc1c(C)c(F)c(-c2ccc(NC(C)C)cc2)c(C)c1F)C(=O)NCC(=O)O. The van der Waals surface area contributed by atoms with Gasteiger partial charge in [-0.3, -0.25) is 9.59 Å². The minimum absolute atomic E-state index is 0.0326. The summed E-state index contributed by atoms with van der Waals surface area (Å²) in [6.45, 7) is 7.81. The van der Waals surface area contributed by atoms with Gasteiger partial charge in [-0.1, -0.05) is 12.1 Å². The maximum atomic E-state index is 15.2. The van der Waals surface area contributed by atoms with Gasteiger partial charge in [0.15, 0.2) is 0 Å². The van der Waals surface area contributed by atoms with Crippen molar-refractivity contribution in [1.82, 2.24) is 5.32 Å². The number of benzene rings is 2. The molecule has 2 rings (SSSR count). The standard InChI is InChI=1S/C23H26F2N2O3/c1-12(2)27-17-8-6-16(7-9-17)20-15(5)21(24)18(14(4)22(20)25)10-13(3)23(30)26-11-19(28)29/h6-10,12,27H,11H2,1-5H3,(H,26,30)(H,28,29). The zero-order chi connectivity index (χ0) is 22.6. The van der Waals surface area contributed by atoms with Crippen molar-refractivity contribution < 1.29 is 23.5 Å². The van der Waals surface area contributed by atoms with Crippen LogP contribution >= 0.6 is 0 Å². The molecular formula is C23H26F2N2O3. The number of hydrogen-bond donors (Lipinski definition) is 3. The Morgan fingerprint density at radius 1 is 1.07 bits per heavy atom. The Bertz CT molecular complexity index is 967. The van der Waals surface area contributed by atoms with Gasteiger partial charge < -0.3 is 15.7 Å². The van der Waals surface area contributed by atoms with E-state index in [0.717, 1.165) is 5.69 Å². The van der Waals surface area contributed by atoms with E-state index < -0.39 is 30.1 Å². The topological polar surface area (TPSA) is 78.4 Å². The zero-order valence-corrected chi connectivity index (χ0v) is 17.7. The van der Waals surface area contributed by atoms with E-state index in [1.54, 1.807) is 12.1 Å². The number of carboxylic acids is 1. The predicted molar refractivity (Wildman–Crippen MR) is 114 cm³/mol. The van der Waals surface area contributed by atoms with Crippen LogP contribution in [0.15, 0.2) is 29.8 Å². The van der Waals surface area contributed by atoms with Crippen LogP contribution in [0, 0.1) is 25.5 Å². The fourth-order valence-electron chi connectivity index (χ4n) is 3.11. The lowest BCUT2D eigenvalue weighted by atomic mass is 9.92. The van der Waals surface area contributed by atoms with E-state index in [1.165, 1.54) is 26.8 Å². The molecule has 1 amide bonds. The number of anilines is 1. The van der Waals surface area contributed by atoms with Crippen molar-refractivity contribution in [2.75, 3.05) is 11.9 Å². The highest BCUT2D eigenvalue weighted by Crippen LogP contribution is 2.34. The van der Waals surface area contributed by atoms with Crippen LogP contribution in [0.3, 0.4) is 0 Å². The quantitative estimate of drug-likeness (QED) is 0.573. The van der Waals surface area contributed by atoms with Crippen molar-refractivity contribution in [1.29, 1.82) is 0 Å². The zero-order valence-electron chi connectivity index (χ0n) is 17.7. The van der Waals surface area contributed by atoms with E-state index >= 15 is 8.78 Å². The summed E-state index contributed by atoms with van der Waals surface area (Å²) >= 11 is 0. The highest BCUT2D eigenvalue weighted by molar-refractivity contribution is 5.98. The summed E-state index contributed by atoms with van der Waals surface area (Å²) in [5.41, 5.74) is 1.85. The average Bonchev–Trinajstić information content (AvgIpc) is 2.68. The van der Waals surface area contributed by atoms with E-state index in [1.807, 2.05) is 26.0 Å². The fourth-order valence-corrected chi connectivity index (χ4v) is 3.11. The smallest absolute Gasteiger partial charge is 0.322 e. The lowest BCUT2D eigenvalue weighted by molar-refractivity contribution is -0.137. The summed E-state index contributed by atoms with van der Waals surface area (Å²) < 4.78 is 30.3. The summed E-state index contributed by atoms with van der Waals surface area (Å²) in [5, 5.41) is 14.1. The van der Waals surface area contributed by atoms with Crippen molar-refractivity contribution in [3.63, 3.8) is 0 Å². The van der Waals surface area contributed by atoms with Gasteiger partial charge in [0.25, 0.3) is 0 Å². The molecule has 3 N–H and O–H groups in total. The van der Waals surface area contributed by atoms with Crippen molar-refractivity contribution >= 4 is 23.6 Å². The Morgan fingerprint density at radius 3 is 2.20 bits per heavy atom. The molecule has 0 aliphatic rings. The third-order valence-corrected chi connectivity index (χ3v) is 4.64. The van der Waals surface area contributed by atoms with Gasteiger partial charge in [-0.15, -0.1) is 0 Å². The lowest BCUT2D eigenvalue weighted by Crippen LogP contribution is -2.29. The van der Waals surface area contributed by atoms with Crippen LogP contribution < -0.4 is 10.6 Å². The highest BCUT2D eigenvalue weighted by atomic mass is 19.1. The summed E-state index contributed by atoms with van der Waals surface area (Å²) in [7, 11) is 0. The van der Waals surface area contributed by atoms with E-state index in [0.29, 0.717) is 5.56 Å². The molecule has 0 radical (unpaired) electrons. The Labute approximate surface area is 174 Å². The molecule has 0 saturated heterocycles. The maximum Gasteiger partial charge on any atom is 0.322 e. The van der Waals surface area contributed by atoms with Gasteiger partial charge in [0, 0.05) is 28.4 Å². The molecular weight excluding hydrogens is 390 g/mol. The molecule has 0 aliphatic heterocycles. The van der Waals surface area contributed by atoms with E-state index in [4.69, 9.17) is 5.11 Å². The number of rotatable bonds is 7. The predicted octanol–water partition coefficient (Wildman–Crippen LogP) is 4.67. The first-order chi connectivity index (χ1) is 14.0. The summed E-state index contributed by atoms with van der Waals surface area (Å²) in [5.74, 6) is -3.05. The molecule has 0 aliphatic carbocycles. The molecule has 0 unspecified atom stereocenters. The number of carbonyl (C=O) groups excluding carboxylic acids is 1. The summed E-state index contributed by atoms with van der Waals surface area (Å²) in [4.78, 5) is 22.6. The second kappa shape index (κ2) is 9.52. The molecule has 2 aromatic carbocycles. The van der Waals surface area contributed by atoms with Gasteiger partial charge >= 0.3 is 5.97 Å². The molecule has 0 spiro atoms. The van der Waals surface area contributed by atoms with Crippen molar-refractivity contribution in [3.05, 3.63) is 58.2 Å². The molecule has 0 aromatic heterocycles. The summed E-state index contributed by atoms with van der Waals surface area (Å²) in [6, 6.07) is 7.33. The van der Waals surface area contributed by atoms with Crippen LogP contribution in [0.2, 0.25) is 0 Å². The number of amides is 1. The van der Waals surface area contributed by atoms with Gasteiger partial charge in [0.2, 0.25) is 5.91 Å². The monoisotopic (exact) mass is 416 g/mol. The second-order valence-corrected chi connectivity index (χ2v) is 7.45. The van der Waals surface area contributed by atoms with E-state index in [9.17, 15) is 9.59 Å². The first-order valence-corrected chi connectivity index (χ1v) is 9.56. The third kappa shape index (κ3) is 5.23. The Hall–Kier alpha value is -3.22. The van der Waals surface area contributed by atoms with Crippen LogP contribution in [0.1, 0.15) is 37.5 Å². The van der Waals surface area contributed by atoms with E-state index in [2.05, 4.69) is 10.6 Å². The van der Waals surface area contributed by atoms with Gasteiger partial charge in [-0.25, -0.2) is 8.78 Å². The minimum Gasteiger partial charge on any atom is -0.480 e. The van der Waals surface area contributed by atoms with Crippen LogP contribution in [0.25, 0.3) is 17.2 Å². The maximum absolute atomic E-state index is 15.2. The molecule has 5 nitrogen and oxygen atoms in total. The van der Waals surface area contributed by atoms with Crippen molar-refractivity contribution in [2.24, 2.45) is 0 Å². The van der Waals surface area contributed by atoms with Gasteiger partial charge in [0.1, 0.15) is 18.2 Å². The fraction of sp³-hybridized carbons (Fsp3) is 0.304. The number of aliphatic carboxylic acids is 1. The first kappa shape index (κ1) is 23.1. The van der Waals surface area contributed by atoms with Crippen LogP contribution in [0.4, 0.5) is 14.5 Å². The lowest BCUT2D eigenvalue weighted by Gasteiger charge is -2.16.